The molecule has 3 atom stereocenters. The molecule has 27 heavy (non-hydrogen) atoms. The number of carbonyl (C=O) groups excluding carboxylic acids is 1. The van der Waals surface area contributed by atoms with E-state index in [0.717, 1.165) is 12.8 Å². The van der Waals surface area contributed by atoms with Crippen LogP contribution in [0.15, 0.2) is 0 Å². The van der Waals surface area contributed by atoms with Crippen molar-refractivity contribution in [3.05, 3.63) is 0 Å². The number of hydrogen-bond acceptors (Lipinski definition) is 4. The minimum Gasteiger partial charge on any atom is -0.394 e. The maximum atomic E-state index is 11.7. The van der Waals surface area contributed by atoms with Crippen LogP contribution in [0.1, 0.15) is 110 Å². The molecule has 0 aliphatic carbocycles. The van der Waals surface area contributed by atoms with Crippen molar-refractivity contribution in [3.63, 3.8) is 0 Å². The van der Waals surface area contributed by atoms with E-state index in [0.29, 0.717) is 12.8 Å². The molecule has 5 heteroatoms. The zero-order valence-electron chi connectivity index (χ0n) is 17.8. The first-order chi connectivity index (χ1) is 13.1. The lowest BCUT2D eigenvalue weighted by Crippen LogP contribution is -2.49. The standard InChI is InChI=1S/C22H45NO4/c1-3-5-6-7-8-9-10-11-12-13-14-15-16-17-21(26)19(18-24)23-22(27)20(25)4-2/h19-21,24-26H,3-18H2,1-2H3,(H,23,27)/t19-,20-,21+/m0/s1. The van der Waals surface area contributed by atoms with Gasteiger partial charge in [0, 0.05) is 0 Å². The summed E-state index contributed by atoms with van der Waals surface area (Å²) in [5.41, 5.74) is 0. The highest BCUT2D eigenvalue weighted by molar-refractivity contribution is 5.80. The van der Waals surface area contributed by atoms with E-state index in [1.165, 1.54) is 70.6 Å². The van der Waals surface area contributed by atoms with E-state index in [1.54, 1.807) is 6.92 Å². The van der Waals surface area contributed by atoms with Crippen molar-refractivity contribution >= 4 is 5.91 Å². The van der Waals surface area contributed by atoms with E-state index in [1.807, 2.05) is 0 Å². The van der Waals surface area contributed by atoms with Crippen LogP contribution in [0.4, 0.5) is 0 Å². The number of amides is 1. The van der Waals surface area contributed by atoms with Gasteiger partial charge in [0.05, 0.1) is 18.8 Å². The number of aliphatic hydroxyl groups is 3. The van der Waals surface area contributed by atoms with Crippen LogP contribution < -0.4 is 5.32 Å². The van der Waals surface area contributed by atoms with Crippen molar-refractivity contribution in [3.8, 4) is 0 Å². The first kappa shape index (κ1) is 26.4. The lowest BCUT2D eigenvalue weighted by atomic mass is 10.0. The summed E-state index contributed by atoms with van der Waals surface area (Å²) in [7, 11) is 0. The van der Waals surface area contributed by atoms with Gasteiger partial charge in [0.15, 0.2) is 0 Å². The van der Waals surface area contributed by atoms with Crippen LogP contribution >= 0.6 is 0 Å². The Morgan fingerprint density at radius 2 is 1.22 bits per heavy atom. The Bertz CT molecular complexity index is 338. The van der Waals surface area contributed by atoms with Gasteiger partial charge in [-0.05, 0) is 12.8 Å². The lowest BCUT2D eigenvalue weighted by molar-refractivity contribution is -0.131. The molecule has 0 aliphatic rings. The summed E-state index contributed by atoms with van der Waals surface area (Å²) in [6, 6.07) is -0.698. The predicted molar refractivity (Wildman–Crippen MR) is 112 cm³/mol. The average molecular weight is 388 g/mol. The van der Waals surface area contributed by atoms with Crippen molar-refractivity contribution in [1.29, 1.82) is 0 Å². The van der Waals surface area contributed by atoms with Gasteiger partial charge in [0.1, 0.15) is 6.10 Å². The molecule has 0 aromatic carbocycles. The lowest BCUT2D eigenvalue weighted by Gasteiger charge is -2.23. The molecule has 0 bridgehead atoms. The van der Waals surface area contributed by atoms with Gasteiger partial charge in [0.25, 0.3) is 0 Å². The van der Waals surface area contributed by atoms with E-state index in [-0.39, 0.29) is 6.61 Å². The highest BCUT2D eigenvalue weighted by Crippen LogP contribution is 2.14. The highest BCUT2D eigenvalue weighted by Gasteiger charge is 2.22. The highest BCUT2D eigenvalue weighted by atomic mass is 16.3. The second-order valence-electron chi connectivity index (χ2n) is 7.82. The van der Waals surface area contributed by atoms with Gasteiger partial charge in [-0.2, -0.15) is 0 Å². The van der Waals surface area contributed by atoms with E-state index < -0.39 is 24.2 Å². The monoisotopic (exact) mass is 387 g/mol. The van der Waals surface area contributed by atoms with Crippen LogP contribution in [0, 0.1) is 0 Å². The number of nitrogens with one attached hydrogen (secondary N) is 1. The molecular formula is C22H45NO4. The number of hydrogen-bond donors (Lipinski definition) is 4. The molecule has 0 spiro atoms. The van der Waals surface area contributed by atoms with Gasteiger partial charge in [0.2, 0.25) is 5.91 Å². The molecule has 0 unspecified atom stereocenters. The van der Waals surface area contributed by atoms with Crippen LogP contribution in [-0.2, 0) is 4.79 Å². The summed E-state index contributed by atoms with van der Waals surface area (Å²) in [6.45, 7) is 3.65. The first-order valence-electron chi connectivity index (χ1n) is 11.3. The molecule has 0 rings (SSSR count). The van der Waals surface area contributed by atoms with Crippen molar-refractivity contribution in [2.45, 2.75) is 128 Å². The Hall–Kier alpha value is -0.650. The van der Waals surface area contributed by atoms with E-state index in [9.17, 15) is 20.1 Å². The molecule has 0 radical (unpaired) electrons. The number of aliphatic hydroxyl groups excluding tert-OH is 3. The fourth-order valence-corrected chi connectivity index (χ4v) is 3.30. The van der Waals surface area contributed by atoms with Crippen LogP contribution in [0.2, 0.25) is 0 Å². The molecule has 0 saturated heterocycles. The topological polar surface area (TPSA) is 89.8 Å². The summed E-state index contributed by atoms with van der Waals surface area (Å²) < 4.78 is 0. The molecule has 0 fully saturated rings. The smallest absolute Gasteiger partial charge is 0.249 e. The second kappa shape index (κ2) is 18.7. The van der Waals surface area contributed by atoms with Gasteiger partial charge >= 0.3 is 0 Å². The number of unbranched alkanes of at least 4 members (excludes halogenated alkanes) is 12. The van der Waals surface area contributed by atoms with Gasteiger partial charge < -0.3 is 20.6 Å². The molecule has 4 N–H and O–H groups in total. The second-order valence-corrected chi connectivity index (χ2v) is 7.82. The molecule has 0 aromatic rings. The van der Waals surface area contributed by atoms with Crippen molar-refractivity contribution in [2.75, 3.05) is 6.61 Å². The summed E-state index contributed by atoms with van der Waals surface area (Å²) in [6.07, 6.45) is 15.6. The Morgan fingerprint density at radius 1 is 0.778 bits per heavy atom. The number of carbonyl (C=O) groups is 1. The van der Waals surface area contributed by atoms with Gasteiger partial charge in [-0.1, -0.05) is 97.3 Å². The predicted octanol–water partition coefficient (Wildman–Crippen LogP) is 4.08. The van der Waals surface area contributed by atoms with Crippen molar-refractivity contribution < 1.29 is 20.1 Å². The van der Waals surface area contributed by atoms with Gasteiger partial charge in [-0.3, -0.25) is 4.79 Å². The molecule has 0 aromatic heterocycles. The first-order valence-corrected chi connectivity index (χ1v) is 11.3. The fourth-order valence-electron chi connectivity index (χ4n) is 3.30. The molecule has 162 valence electrons. The molecule has 5 nitrogen and oxygen atoms in total. The van der Waals surface area contributed by atoms with E-state index in [2.05, 4.69) is 12.2 Å². The maximum Gasteiger partial charge on any atom is 0.249 e. The fraction of sp³-hybridized carbons (Fsp3) is 0.955. The van der Waals surface area contributed by atoms with E-state index >= 15 is 0 Å². The Kier molecular flexibility index (Phi) is 18.3. The number of rotatable bonds is 19. The summed E-state index contributed by atoms with van der Waals surface area (Å²) in [4.78, 5) is 11.7. The normalized spacial score (nSPS) is 14.7. The quantitative estimate of drug-likeness (QED) is 0.251. The summed E-state index contributed by atoms with van der Waals surface area (Å²) in [5.74, 6) is -0.527. The Labute approximate surface area is 166 Å². The SMILES string of the molecule is CCCCCCCCCCCCCCC[C@@H](O)[C@H](CO)NC(=O)[C@@H](O)CC. The molecule has 0 saturated carbocycles. The summed E-state index contributed by atoms with van der Waals surface area (Å²) in [5, 5.41) is 31.5. The minimum atomic E-state index is -1.08. The Balaban J connectivity index is 3.56. The Morgan fingerprint density at radius 3 is 1.63 bits per heavy atom. The third-order valence-corrected chi connectivity index (χ3v) is 5.28. The largest absolute Gasteiger partial charge is 0.394 e. The van der Waals surface area contributed by atoms with Crippen LogP contribution in [0.5, 0.6) is 0 Å². The summed E-state index contributed by atoms with van der Waals surface area (Å²) >= 11 is 0. The van der Waals surface area contributed by atoms with Crippen LogP contribution in [-0.4, -0.2) is 46.1 Å². The van der Waals surface area contributed by atoms with Gasteiger partial charge in [-0.15, -0.1) is 0 Å². The zero-order valence-corrected chi connectivity index (χ0v) is 17.8. The average Bonchev–Trinajstić information content (AvgIpc) is 2.68. The minimum absolute atomic E-state index is 0.318. The molecule has 0 aliphatic heterocycles. The van der Waals surface area contributed by atoms with Crippen LogP contribution in [0.25, 0.3) is 0 Å². The molecule has 1 amide bonds. The maximum absolute atomic E-state index is 11.7. The van der Waals surface area contributed by atoms with Crippen molar-refractivity contribution in [1.82, 2.24) is 5.32 Å². The zero-order chi connectivity index (χ0) is 20.3. The van der Waals surface area contributed by atoms with Crippen molar-refractivity contribution in [2.24, 2.45) is 0 Å². The van der Waals surface area contributed by atoms with Gasteiger partial charge in [-0.25, -0.2) is 0 Å². The molecular weight excluding hydrogens is 342 g/mol. The van der Waals surface area contributed by atoms with E-state index in [4.69, 9.17) is 0 Å². The third kappa shape index (κ3) is 15.0. The third-order valence-electron chi connectivity index (χ3n) is 5.28. The molecule has 0 heterocycles. The van der Waals surface area contributed by atoms with Crippen LogP contribution in [0.3, 0.4) is 0 Å².